The van der Waals surface area contributed by atoms with Crippen molar-refractivity contribution >= 4 is 5.96 Å². The van der Waals surface area contributed by atoms with Crippen LogP contribution in [-0.4, -0.2) is 39.8 Å². The topological polar surface area (TPSA) is 45.7 Å². The van der Waals surface area contributed by atoms with Gasteiger partial charge in [0.05, 0.1) is 0 Å². The van der Waals surface area contributed by atoms with Crippen LogP contribution in [0.15, 0.2) is 35.3 Å². The van der Waals surface area contributed by atoms with E-state index in [1.165, 1.54) is 24.8 Å². The fraction of sp³-hybridized carbons (Fsp3) is 0.611. The van der Waals surface area contributed by atoms with Gasteiger partial charge in [-0.3, -0.25) is 4.99 Å². The molecular formula is C18H29N3O. The molecule has 0 amide bonds. The standard InChI is InChI=1S/C18H29N3O/c1-19-17(20-13-9-16-7-4-3-5-8-16)21-15-18(10-6-11-18)12-14-22-2/h3-5,7-8H,6,9-15H2,1-2H3,(H2,19,20,21). The van der Waals surface area contributed by atoms with E-state index in [0.717, 1.165) is 38.5 Å². The Morgan fingerprint density at radius 1 is 1.23 bits per heavy atom. The van der Waals surface area contributed by atoms with Crippen LogP contribution in [0.4, 0.5) is 0 Å². The summed E-state index contributed by atoms with van der Waals surface area (Å²) in [5.41, 5.74) is 1.76. The summed E-state index contributed by atoms with van der Waals surface area (Å²) in [5.74, 6) is 0.902. The molecule has 22 heavy (non-hydrogen) atoms. The quantitative estimate of drug-likeness (QED) is 0.573. The van der Waals surface area contributed by atoms with Gasteiger partial charge in [0.25, 0.3) is 0 Å². The molecule has 0 aromatic heterocycles. The molecule has 0 atom stereocenters. The number of aliphatic imine (C=N–C) groups is 1. The number of ether oxygens (including phenoxy) is 1. The minimum Gasteiger partial charge on any atom is -0.385 e. The van der Waals surface area contributed by atoms with E-state index in [4.69, 9.17) is 4.74 Å². The number of nitrogens with one attached hydrogen (secondary N) is 2. The molecule has 1 saturated carbocycles. The van der Waals surface area contributed by atoms with Gasteiger partial charge in [-0.05, 0) is 36.7 Å². The normalized spacial score (nSPS) is 16.9. The predicted molar refractivity (Wildman–Crippen MR) is 92.3 cm³/mol. The first-order valence-electron chi connectivity index (χ1n) is 8.25. The van der Waals surface area contributed by atoms with Gasteiger partial charge >= 0.3 is 0 Å². The molecule has 1 aromatic rings. The van der Waals surface area contributed by atoms with Gasteiger partial charge in [-0.2, -0.15) is 0 Å². The summed E-state index contributed by atoms with van der Waals surface area (Å²) in [6.07, 6.45) is 6.08. The summed E-state index contributed by atoms with van der Waals surface area (Å²) in [4.78, 5) is 4.32. The van der Waals surface area contributed by atoms with Crippen molar-refractivity contribution in [3.05, 3.63) is 35.9 Å². The maximum absolute atomic E-state index is 5.25. The number of methoxy groups -OCH3 is 1. The van der Waals surface area contributed by atoms with Crippen molar-refractivity contribution in [2.45, 2.75) is 32.1 Å². The molecule has 0 radical (unpaired) electrons. The molecule has 122 valence electrons. The zero-order valence-corrected chi connectivity index (χ0v) is 13.9. The molecule has 0 spiro atoms. The molecule has 1 aliphatic rings. The van der Waals surface area contributed by atoms with E-state index in [0.29, 0.717) is 5.41 Å². The van der Waals surface area contributed by atoms with Crippen LogP contribution < -0.4 is 10.6 Å². The van der Waals surface area contributed by atoms with Crippen LogP contribution in [0.5, 0.6) is 0 Å². The molecule has 1 aromatic carbocycles. The van der Waals surface area contributed by atoms with Crippen molar-refractivity contribution in [1.82, 2.24) is 10.6 Å². The smallest absolute Gasteiger partial charge is 0.191 e. The van der Waals surface area contributed by atoms with E-state index in [-0.39, 0.29) is 0 Å². The number of hydrogen-bond donors (Lipinski definition) is 2. The Morgan fingerprint density at radius 3 is 2.59 bits per heavy atom. The Hall–Kier alpha value is -1.55. The lowest BCUT2D eigenvalue weighted by atomic mass is 9.67. The van der Waals surface area contributed by atoms with Gasteiger partial charge in [0.15, 0.2) is 5.96 Å². The lowest BCUT2D eigenvalue weighted by Crippen LogP contribution is -2.47. The summed E-state index contributed by atoms with van der Waals surface area (Å²) in [6, 6.07) is 10.5. The Balaban J connectivity index is 1.71. The fourth-order valence-corrected chi connectivity index (χ4v) is 2.97. The van der Waals surface area contributed by atoms with E-state index >= 15 is 0 Å². The summed E-state index contributed by atoms with van der Waals surface area (Å²) in [6.45, 7) is 2.73. The molecule has 0 saturated heterocycles. The lowest BCUT2D eigenvalue weighted by molar-refractivity contribution is 0.0732. The van der Waals surface area contributed by atoms with Crippen molar-refractivity contribution in [2.75, 3.05) is 33.9 Å². The summed E-state index contributed by atoms with van der Waals surface area (Å²) in [7, 11) is 3.62. The van der Waals surface area contributed by atoms with E-state index < -0.39 is 0 Å². The van der Waals surface area contributed by atoms with Crippen molar-refractivity contribution in [2.24, 2.45) is 10.4 Å². The Kier molecular flexibility index (Phi) is 6.72. The van der Waals surface area contributed by atoms with Crippen LogP contribution in [0.25, 0.3) is 0 Å². The van der Waals surface area contributed by atoms with Crippen molar-refractivity contribution in [1.29, 1.82) is 0 Å². The molecule has 1 aliphatic carbocycles. The largest absolute Gasteiger partial charge is 0.385 e. The van der Waals surface area contributed by atoms with E-state index in [2.05, 4.69) is 46.0 Å². The van der Waals surface area contributed by atoms with Gasteiger partial charge in [0.2, 0.25) is 0 Å². The zero-order valence-electron chi connectivity index (χ0n) is 13.9. The third kappa shape index (κ3) is 5.02. The molecule has 2 rings (SSSR count). The first-order valence-corrected chi connectivity index (χ1v) is 8.25. The highest BCUT2D eigenvalue weighted by Gasteiger charge is 2.36. The van der Waals surface area contributed by atoms with Crippen LogP contribution in [0.1, 0.15) is 31.2 Å². The van der Waals surface area contributed by atoms with Crippen molar-refractivity contribution in [3.63, 3.8) is 0 Å². The van der Waals surface area contributed by atoms with E-state index in [9.17, 15) is 0 Å². The van der Waals surface area contributed by atoms with Crippen LogP contribution in [0, 0.1) is 5.41 Å². The highest BCUT2D eigenvalue weighted by molar-refractivity contribution is 5.79. The Bertz CT molecular complexity index is 455. The predicted octanol–water partition coefficient (Wildman–Crippen LogP) is 2.60. The second-order valence-corrected chi connectivity index (χ2v) is 6.18. The highest BCUT2D eigenvalue weighted by Crippen LogP contribution is 2.43. The molecule has 4 nitrogen and oxygen atoms in total. The molecule has 1 fully saturated rings. The highest BCUT2D eigenvalue weighted by atomic mass is 16.5. The SMILES string of the molecule is CN=C(NCCc1ccccc1)NCC1(CCOC)CCC1. The molecule has 0 heterocycles. The summed E-state index contributed by atoms with van der Waals surface area (Å²) >= 11 is 0. The molecule has 0 bridgehead atoms. The molecule has 0 aliphatic heterocycles. The average Bonchev–Trinajstić information content (AvgIpc) is 2.52. The number of benzene rings is 1. The lowest BCUT2D eigenvalue weighted by Gasteiger charge is -2.42. The minimum absolute atomic E-state index is 0.410. The Labute approximate surface area is 134 Å². The summed E-state index contributed by atoms with van der Waals surface area (Å²) < 4.78 is 5.25. The van der Waals surface area contributed by atoms with Gasteiger partial charge in [-0.1, -0.05) is 36.8 Å². The van der Waals surface area contributed by atoms with Gasteiger partial charge in [-0.25, -0.2) is 0 Å². The monoisotopic (exact) mass is 303 g/mol. The molecular weight excluding hydrogens is 274 g/mol. The molecule has 2 N–H and O–H groups in total. The third-order valence-electron chi connectivity index (χ3n) is 4.65. The third-order valence-corrected chi connectivity index (χ3v) is 4.65. The van der Waals surface area contributed by atoms with Gasteiger partial charge < -0.3 is 15.4 Å². The first kappa shape index (κ1) is 16.8. The number of hydrogen-bond acceptors (Lipinski definition) is 2. The maximum Gasteiger partial charge on any atom is 0.191 e. The van der Waals surface area contributed by atoms with Crippen LogP contribution >= 0.6 is 0 Å². The van der Waals surface area contributed by atoms with Gasteiger partial charge in [0.1, 0.15) is 0 Å². The van der Waals surface area contributed by atoms with Crippen LogP contribution in [-0.2, 0) is 11.2 Å². The Morgan fingerprint density at radius 2 is 2.00 bits per heavy atom. The van der Waals surface area contributed by atoms with Crippen molar-refractivity contribution in [3.8, 4) is 0 Å². The van der Waals surface area contributed by atoms with Crippen molar-refractivity contribution < 1.29 is 4.74 Å². The number of guanidine groups is 1. The number of nitrogens with zero attached hydrogens (tertiary/aromatic N) is 1. The van der Waals surface area contributed by atoms with E-state index in [1.807, 2.05) is 7.05 Å². The number of rotatable bonds is 8. The van der Waals surface area contributed by atoms with Crippen LogP contribution in [0.2, 0.25) is 0 Å². The van der Waals surface area contributed by atoms with Crippen LogP contribution in [0.3, 0.4) is 0 Å². The molecule has 4 heteroatoms. The molecule has 0 unspecified atom stereocenters. The first-order chi connectivity index (χ1) is 10.8. The maximum atomic E-state index is 5.25. The van der Waals surface area contributed by atoms with Gasteiger partial charge in [-0.15, -0.1) is 0 Å². The fourth-order valence-electron chi connectivity index (χ4n) is 2.97. The second kappa shape index (κ2) is 8.79. The average molecular weight is 303 g/mol. The zero-order chi connectivity index (χ0) is 15.7. The van der Waals surface area contributed by atoms with E-state index in [1.54, 1.807) is 7.11 Å². The second-order valence-electron chi connectivity index (χ2n) is 6.18. The van der Waals surface area contributed by atoms with Gasteiger partial charge in [0, 0.05) is 33.9 Å². The minimum atomic E-state index is 0.410. The summed E-state index contributed by atoms with van der Waals surface area (Å²) in [5, 5.41) is 6.89.